The van der Waals surface area contributed by atoms with Crippen LogP contribution >= 0.6 is 23.6 Å². The maximum atomic E-state index is 12.7. The van der Waals surface area contributed by atoms with Gasteiger partial charge >= 0.3 is 0 Å². The fourth-order valence-corrected chi connectivity index (χ4v) is 2.86. The second kappa shape index (κ2) is 6.83. The van der Waals surface area contributed by atoms with Gasteiger partial charge in [-0.1, -0.05) is 30.4 Å². The zero-order chi connectivity index (χ0) is 15.4. The lowest BCUT2D eigenvalue weighted by molar-refractivity contribution is 0.0692. The van der Waals surface area contributed by atoms with Crippen molar-refractivity contribution in [2.75, 3.05) is 0 Å². The van der Waals surface area contributed by atoms with Gasteiger partial charge in [0.15, 0.2) is 0 Å². The highest BCUT2D eigenvalue weighted by Gasteiger charge is 2.19. The summed E-state index contributed by atoms with van der Waals surface area (Å²) >= 11 is 6.63. The molecule has 2 rings (SSSR count). The van der Waals surface area contributed by atoms with Gasteiger partial charge in [0, 0.05) is 22.0 Å². The van der Waals surface area contributed by atoms with Crippen LogP contribution in [0.4, 0.5) is 0 Å². The van der Waals surface area contributed by atoms with Crippen LogP contribution in [-0.4, -0.2) is 21.8 Å². The second-order valence-electron chi connectivity index (χ2n) is 5.05. The van der Waals surface area contributed by atoms with Crippen LogP contribution in [0, 0.1) is 0 Å². The first-order valence-electron chi connectivity index (χ1n) is 6.72. The van der Waals surface area contributed by atoms with Crippen LogP contribution in [0.25, 0.3) is 0 Å². The minimum Gasteiger partial charge on any atom is -0.389 e. The van der Waals surface area contributed by atoms with Gasteiger partial charge < -0.3 is 10.6 Å². The van der Waals surface area contributed by atoms with Crippen molar-refractivity contribution in [1.29, 1.82) is 0 Å². The third kappa shape index (κ3) is 3.89. The smallest absolute Gasteiger partial charge is 0.254 e. The third-order valence-electron chi connectivity index (χ3n) is 3.18. The molecule has 2 N–H and O–H groups in total. The molecule has 1 aromatic heterocycles. The normalized spacial score (nSPS) is 10.6. The maximum absolute atomic E-state index is 12.7. The van der Waals surface area contributed by atoms with Crippen molar-refractivity contribution in [2.24, 2.45) is 5.73 Å². The van der Waals surface area contributed by atoms with Crippen molar-refractivity contribution in [2.45, 2.75) is 26.4 Å². The molecular weight excluding hydrogens is 300 g/mol. The number of carbonyl (C=O) groups is 1. The number of benzene rings is 1. The van der Waals surface area contributed by atoms with Gasteiger partial charge in [-0.3, -0.25) is 4.79 Å². The highest BCUT2D eigenvalue weighted by molar-refractivity contribution is 7.80. The van der Waals surface area contributed by atoms with E-state index in [-0.39, 0.29) is 11.9 Å². The number of thiocarbonyl (C=S) groups is 1. The van der Waals surface area contributed by atoms with E-state index in [2.05, 4.69) is 0 Å². The average molecular weight is 318 g/mol. The number of rotatable bonds is 5. The minimum absolute atomic E-state index is 0.00324. The summed E-state index contributed by atoms with van der Waals surface area (Å²) in [5, 5.41) is 2.02. The molecule has 0 fully saturated rings. The predicted octanol–water partition coefficient (Wildman–Crippen LogP) is 3.43. The molecule has 0 atom stereocenters. The van der Waals surface area contributed by atoms with Crippen molar-refractivity contribution in [3.05, 3.63) is 57.8 Å². The van der Waals surface area contributed by atoms with Gasteiger partial charge in [0.1, 0.15) is 4.99 Å². The molecule has 0 saturated carbocycles. The summed E-state index contributed by atoms with van der Waals surface area (Å²) < 4.78 is 0. The molecule has 0 aliphatic heterocycles. The molecule has 2 aromatic rings. The van der Waals surface area contributed by atoms with E-state index in [1.165, 1.54) is 4.88 Å². The fourth-order valence-electron chi connectivity index (χ4n) is 2.03. The standard InChI is InChI=1S/C16H18N2OS2/c1-11(2)18(10-14-7-4-8-21-14)16(19)13-6-3-5-12(9-13)15(17)20/h3-9,11H,10H2,1-2H3,(H2,17,20). The van der Waals surface area contributed by atoms with Crippen molar-refractivity contribution in [3.63, 3.8) is 0 Å². The van der Waals surface area contributed by atoms with E-state index in [1.54, 1.807) is 23.5 Å². The molecule has 0 unspecified atom stereocenters. The average Bonchev–Trinajstić information content (AvgIpc) is 2.97. The number of thiophene rings is 1. The molecule has 0 aliphatic rings. The molecule has 0 spiro atoms. The van der Waals surface area contributed by atoms with E-state index >= 15 is 0 Å². The SMILES string of the molecule is CC(C)N(Cc1cccs1)C(=O)c1cccc(C(N)=S)c1. The Balaban J connectivity index is 2.26. The maximum Gasteiger partial charge on any atom is 0.254 e. The number of carbonyl (C=O) groups excluding carboxylic acids is 1. The predicted molar refractivity (Wildman–Crippen MR) is 91.7 cm³/mol. The Morgan fingerprint density at radius 3 is 2.57 bits per heavy atom. The quantitative estimate of drug-likeness (QED) is 0.859. The molecular formula is C16H18N2OS2. The van der Waals surface area contributed by atoms with Crippen LogP contribution in [0.5, 0.6) is 0 Å². The Kier molecular flexibility index (Phi) is 5.09. The van der Waals surface area contributed by atoms with E-state index in [0.717, 1.165) is 5.56 Å². The summed E-state index contributed by atoms with van der Waals surface area (Å²) in [6.45, 7) is 4.65. The van der Waals surface area contributed by atoms with E-state index in [0.29, 0.717) is 17.1 Å². The highest BCUT2D eigenvalue weighted by Crippen LogP contribution is 2.17. The third-order valence-corrected chi connectivity index (χ3v) is 4.28. The Hall–Kier alpha value is -1.72. The molecule has 0 saturated heterocycles. The molecule has 0 bridgehead atoms. The van der Waals surface area contributed by atoms with E-state index < -0.39 is 0 Å². The molecule has 0 aliphatic carbocycles. The number of amides is 1. The monoisotopic (exact) mass is 318 g/mol. The first-order valence-corrected chi connectivity index (χ1v) is 8.01. The van der Waals surface area contributed by atoms with Crippen LogP contribution in [0.2, 0.25) is 0 Å². The largest absolute Gasteiger partial charge is 0.389 e. The molecule has 0 radical (unpaired) electrons. The fraction of sp³-hybridized carbons (Fsp3) is 0.250. The van der Waals surface area contributed by atoms with Gasteiger partial charge in [0.25, 0.3) is 5.91 Å². The Labute approximate surface area is 134 Å². The summed E-state index contributed by atoms with van der Waals surface area (Å²) in [6, 6.07) is 11.3. The van der Waals surface area contributed by atoms with Crippen LogP contribution in [0.1, 0.15) is 34.6 Å². The zero-order valence-corrected chi connectivity index (χ0v) is 13.7. The van der Waals surface area contributed by atoms with Gasteiger partial charge in [0.05, 0.1) is 6.54 Å². The van der Waals surface area contributed by atoms with Crippen molar-refractivity contribution in [1.82, 2.24) is 4.90 Å². The first kappa shape index (κ1) is 15.7. The van der Waals surface area contributed by atoms with Gasteiger partial charge in [0.2, 0.25) is 0 Å². The molecule has 21 heavy (non-hydrogen) atoms. The summed E-state index contributed by atoms with van der Waals surface area (Å²) in [5.74, 6) is -0.00324. The van der Waals surface area contributed by atoms with Gasteiger partial charge in [-0.05, 0) is 37.4 Å². The van der Waals surface area contributed by atoms with E-state index in [1.807, 2.05) is 48.4 Å². The first-order chi connectivity index (χ1) is 9.99. The molecule has 1 amide bonds. The van der Waals surface area contributed by atoms with E-state index in [4.69, 9.17) is 18.0 Å². The van der Waals surface area contributed by atoms with Crippen LogP contribution < -0.4 is 5.73 Å². The lowest BCUT2D eigenvalue weighted by atomic mass is 10.1. The number of nitrogens with zero attached hydrogens (tertiary/aromatic N) is 1. The number of nitrogens with two attached hydrogens (primary N) is 1. The molecule has 1 aromatic carbocycles. The van der Waals surface area contributed by atoms with Gasteiger partial charge in [-0.15, -0.1) is 11.3 Å². The number of hydrogen-bond acceptors (Lipinski definition) is 3. The van der Waals surface area contributed by atoms with Crippen LogP contribution in [-0.2, 0) is 6.54 Å². The summed E-state index contributed by atoms with van der Waals surface area (Å²) in [4.78, 5) is 16.1. The number of hydrogen-bond donors (Lipinski definition) is 1. The molecule has 110 valence electrons. The van der Waals surface area contributed by atoms with Crippen molar-refractivity contribution >= 4 is 34.5 Å². The Morgan fingerprint density at radius 2 is 2.00 bits per heavy atom. The Bertz CT molecular complexity index is 635. The summed E-state index contributed by atoms with van der Waals surface area (Å²) in [7, 11) is 0. The van der Waals surface area contributed by atoms with E-state index in [9.17, 15) is 4.79 Å². The zero-order valence-electron chi connectivity index (χ0n) is 12.1. The molecule has 1 heterocycles. The molecule has 3 nitrogen and oxygen atoms in total. The summed E-state index contributed by atoms with van der Waals surface area (Å²) in [5.41, 5.74) is 6.97. The van der Waals surface area contributed by atoms with Crippen LogP contribution in [0.15, 0.2) is 41.8 Å². The van der Waals surface area contributed by atoms with Crippen molar-refractivity contribution < 1.29 is 4.79 Å². The lowest BCUT2D eigenvalue weighted by Crippen LogP contribution is -2.36. The van der Waals surface area contributed by atoms with Crippen LogP contribution in [0.3, 0.4) is 0 Å². The lowest BCUT2D eigenvalue weighted by Gasteiger charge is -2.26. The second-order valence-corrected chi connectivity index (χ2v) is 6.52. The topological polar surface area (TPSA) is 46.3 Å². The summed E-state index contributed by atoms with van der Waals surface area (Å²) in [6.07, 6.45) is 0. The Morgan fingerprint density at radius 1 is 1.29 bits per heavy atom. The van der Waals surface area contributed by atoms with Gasteiger partial charge in [-0.2, -0.15) is 0 Å². The molecule has 5 heteroatoms. The minimum atomic E-state index is -0.00324. The van der Waals surface area contributed by atoms with Crippen molar-refractivity contribution in [3.8, 4) is 0 Å². The van der Waals surface area contributed by atoms with Gasteiger partial charge in [-0.25, -0.2) is 0 Å². The highest BCUT2D eigenvalue weighted by atomic mass is 32.1.